The van der Waals surface area contributed by atoms with Crippen molar-refractivity contribution in [3.63, 3.8) is 0 Å². The maximum atomic E-state index is 10.3. The molecular formula is C19H25O2P. The Balaban J connectivity index is 2.45. The molecule has 3 heteroatoms. The van der Waals surface area contributed by atoms with E-state index in [1.807, 2.05) is 19.9 Å². The van der Waals surface area contributed by atoms with E-state index in [4.69, 9.17) is 0 Å². The third-order valence-electron chi connectivity index (χ3n) is 4.30. The molecule has 0 aliphatic rings. The molecule has 0 saturated heterocycles. The van der Waals surface area contributed by atoms with Crippen LogP contribution in [-0.2, 0) is 11.8 Å². The van der Waals surface area contributed by atoms with Crippen molar-refractivity contribution in [3.05, 3.63) is 58.7 Å². The van der Waals surface area contributed by atoms with Gasteiger partial charge in [-0.25, -0.2) is 0 Å². The van der Waals surface area contributed by atoms with Crippen molar-refractivity contribution in [3.8, 4) is 5.75 Å². The van der Waals surface area contributed by atoms with E-state index in [-0.39, 0.29) is 11.8 Å². The molecule has 0 radical (unpaired) electrons. The SMILES string of the molecule is CCC(C)(Pc1ccc(C)cc1CO)c1cc(C)ccc1O. The van der Waals surface area contributed by atoms with Gasteiger partial charge in [0.25, 0.3) is 0 Å². The summed E-state index contributed by atoms with van der Waals surface area (Å²) in [5.74, 6) is 0.361. The minimum atomic E-state index is -0.130. The first-order chi connectivity index (χ1) is 10.4. The fraction of sp³-hybridized carbons (Fsp3) is 0.368. The number of rotatable bonds is 5. The van der Waals surface area contributed by atoms with Gasteiger partial charge in [-0.15, -0.1) is 0 Å². The minimum absolute atomic E-state index is 0.0591. The highest BCUT2D eigenvalue weighted by atomic mass is 31.1. The molecular weight excluding hydrogens is 291 g/mol. The lowest BCUT2D eigenvalue weighted by molar-refractivity contribution is 0.283. The molecule has 0 heterocycles. The van der Waals surface area contributed by atoms with Crippen LogP contribution >= 0.6 is 8.58 Å². The van der Waals surface area contributed by atoms with E-state index >= 15 is 0 Å². The molecule has 2 N–H and O–H groups in total. The molecule has 2 atom stereocenters. The third kappa shape index (κ3) is 3.51. The summed E-state index contributed by atoms with van der Waals surface area (Å²) in [7, 11) is 0.501. The maximum absolute atomic E-state index is 10.3. The van der Waals surface area contributed by atoms with Crippen LogP contribution in [0.25, 0.3) is 0 Å². The first-order valence-electron chi connectivity index (χ1n) is 7.68. The van der Waals surface area contributed by atoms with E-state index < -0.39 is 0 Å². The van der Waals surface area contributed by atoms with Crippen LogP contribution in [0.1, 0.15) is 42.5 Å². The predicted molar refractivity (Wildman–Crippen MR) is 95.5 cm³/mol. The molecule has 2 nitrogen and oxygen atoms in total. The Labute approximate surface area is 135 Å². The lowest BCUT2D eigenvalue weighted by Crippen LogP contribution is -2.20. The molecule has 0 amide bonds. The van der Waals surface area contributed by atoms with Crippen molar-refractivity contribution in [2.75, 3.05) is 0 Å². The highest BCUT2D eigenvalue weighted by Crippen LogP contribution is 2.47. The average Bonchev–Trinajstić information content (AvgIpc) is 2.51. The summed E-state index contributed by atoms with van der Waals surface area (Å²) in [4.78, 5) is 0. The molecule has 22 heavy (non-hydrogen) atoms. The number of hydrogen-bond donors (Lipinski definition) is 2. The summed E-state index contributed by atoms with van der Waals surface area (Å²) in [5, 5.41) is 21.0. The Bertz CT molecular complexity index is 666. The molecule has 2 aromatic carbocycles. The molecule has 0 aromatic heterocycles. The fourth-order valence-electron chi connectivity index (χ4n) is 2.71. The van der Waals surface area contributed by atoms with Crippen LogP contribution < -0.4 is 5.30 Å². The van der Waals surface area contributed by atoms with Crippen LogP contribution in [0.2, 0.25) is 0 Å². The zero-order valence-corrected chi connectivity index (χ0v) is 14.8. The highest BCUT2D eigenvalue weighted by molar-refractivity contribution is 7.48. The average molecular weight is 316 g/mol. The summed E-state index contributed by atoms with van der Waals surface area (Å²) in [6, 6.07) is 12.1. The minimum Gasteiger partial charge on any atom is -0.508 e. The zero-order chi connectivity index (χ0) is 16.3. The van der Waals surface area contributed by atoms with E-state index in [0.29, 0.717) is 14.3 Å². The number of aliphatic hydroxyl groups excluding tert-OH is 1. The Kier molecular flexibility index (Phi) is 5.26. The van der Waals surface area contributed by atoms with E-state index in [1.54, 1.807) is 6.07 Å². The molecule has 0 spiro atoms. The second-order valence-electron chi connectivity index (χ2n) is 6.15. The van der Waals surface area contributed by atoms with Crippen molar-refractivity contribution in [1.82, 2.24) is 0 Å². The molecule has 0 fully saturated rings. The summed E-state index contributed by atoms with van der Waals surface area (Å²) < 4.78 is 0. The number of phenolic OH excluding ortho intramolecular Hbond substituents is 1. The summed E-state index contributed by atoms with van der Waals surface area (Å²) in [6.45, 7) is 8.50. The van der Waals surface area contributed by atoms with Crippen molar-refractivity contribution in [2.24, 2.45) is 0 Å². The number of hydrogen-bond acceptors (Lipinski definition) is 2. The van der Waals surface area contributed by atoms with Gasteiger partial charge in [0, 0.05) is 10.7 Å². The van der Waals surface area contributed by atoms with Crippen LogP contribution in [0.4, 0.5) is 0 Å². The number of phenols is 1. The number of aromatic hydroxyl groups is 1. The molecule has 2 unspecified atom stereocenters. The second-order valence-corrected chi connectivity index (χ2v) is 8.04. The normalized spacial score (nSPS) is 14.4. The Morgan fingerprint density at radius 2 is 1.68 bits per heavy atom. The first-order valence-corrected chi connectivity index (χ1v) is 8.68. The van der Waals surface area contributed by atoms with Gasteiger partial charge >= 0.3 is 0 Å². The standard InChI is InChI=1S/C19H25O2P/c1-5-19(4,16-11-14(3)6-8-17(16)21)22-18-9-7-13(2)10-15(18)12-20/h6-11,20-22H,5,12H2,1-4H3. The Morgan fingerprint density at radius 3 is 2.32 bits per heavy atom. The summed E-state index contributed by atoms with van der Waals surface area (Å²) in [5.41, 5.74) is 4.31. The maximum Gasteiger partial charge on any atom is 0.119 e. The van der Waals surface area contributed by atoms with Gasteiger partial charge in [0.1, 0.15) is 5.75 Å². The predicted octanol–water partition coefficient (Wildman–Crippen LogP) is 4.13. The van der Waals surface area contributed by atoms with E-state index in [9.17, 15) is 10.2 Å². The third-order valence-corrected chi connectivity index (χ3v) is 6.23. The van der Waals surface area contributed by atoms with Crippen LogP contribution in [-0.4, -0.2) is 10.2 Å². The van der Waals surface area contributed by atoms with Gasteiger partial charge in [0.2, 0.25) is 0 Å². The lowest BCUT2D eigenvalue weighted by atomic mass is 9.95. The van der Waals surface area contributed by atoms with Gasteiger partial charge < -0.3 is 10.2 Å². The van der Waals surface area contributed by atoms with Gasteiger partial charge in [0.05, 0.1) is 6.61 Å². The van der Waals surface area contributed by atoms with Gasteiger partial charge in [-0.2, -0.15) is 0 Å². The molecule has 118 valence electrons. The smallest absolute Gasteiger partial charge is 0.119 e. The van der Waals surface area contributed by atoms with Gasteiger partial charge in [-0.05, 0) is 37.2 Å². The molecule has 0 aliphatic carbocycles. The summed E-state index contributed by atoms with van der Waals surface area (Å²) in [6.07, 6.45) is 0.932. The molecule has 2 rings (SSSR count). The topological polar surface area (TPSA) is 40.5 Å². The number of aliphatic hydroxyl groups is 1. The van der Waals surface area contributed by atoms with Gasteiger partial charge in [-0.1, -0.05) is 63.9 Å². The fourth-order valence-corrected chi connectivity index (χ4v) is 4.30. The van der Waals surface area contributed by atoms with Crippen molar-refractivity contribution < 1.29 is 10.2 Å². The van der Waals surface area contributed by atoms with E-state index in [0.717, 1.165) is 28.7 Å². The largest absolute Gasteiger partial charge is 0.508 e. The molecule has 0 bridgehead atoms. The molecule has 0 aliphatic heterocycles. The van der Waals surface area contributed by atoms with Crippen LogP contribution in [0.15, 0.2) is 36.4 Å². The van der Waals surface area contributed by atoms with Crippen LogP contribution in [0.5, 0.6) is 5.75 Å². The Hall–Kier alpha value is -1.37. The second kappa shape index (κ2) is 6.81. The first kappa shape index (κ1) is 17.0. The monoisotopic (exact) mass is 316 g/mol. The van der Waals surface area contributed by atoms with Gasteiger partial charge in [0.15, 0.2) is 0 Å². The van der Waals surface area contributed by atoms with Crippen LogP contribution in [0.3, 0.4) is 0 Å². The molecule has 2 aromatic rings. The van der Waals surface area contributed by atoms with Gasteiger partial charge in [-0.3, -0.25) is 0 Å². The van der Waals surface area contributed by atoms with Crippen molar-refractivity contribution >= 4 is 13.9 Å². The Morgan fingerprint density at radius 1 is 1.05 bits per heavy atom. The summed E-state index contributed by atoms with van der Waals surface area (Å²) >= 11 is 0. The van der Waals surface area contributed by atoms with Crippen molar-refractivity contribution in [1.29, 1.82) is 0 Å². The van der Waals surface area contributed by atoms with Crippen LogP contribution in [0, 0.1) is 13.8 Å². The quantitative estimate of drug-likeness (QED) is 0.814. The van der Waals surface area contributed by atoms with E-state index in [1.165, 1.54) is 5.30 Å². The number of aryl methyl sites for hydroxylation is 2. The zero-order valence-electron chi connectivity index (χ0n) is 13.8. The number of benzene rings is 2. The molecule has 0 saturated carbocycles. The lowest BCUT2D eigenvalue weighted by Gasteiger charge is -2.31. The highest BCUT2D eigenvalue weighted by Gasteiger charge is 2.28. The van der Waals surface area contributed by atoms with Crippen molar-refractivity contribution in [2.45, 2.75) is 45.9 Å². The van der Waals surface area contributed by atoms with E-state index in [2.05, 4.69) is 38.1 Å².